The Balaban J connectivity index is 2.25. The maximum absolute atomic E-state index is 12.4. The number of para-hydroxylation sites is 1. The Morgan fingerprint density at radius 2 is 1.89 bits per heavy atom. The predicted molar refractivity (Wildman–Crippen MR) is 73.9 cm³/mol. The van der Waals surface area contributed by atoms with Crippen molar-refractivity contribution >= 4 is 10.8 Å². The summed E-state index contributed by atoms with van der Waals surface area (Å²) in [5.41, 5.74) is 0.622. The number of fused-ring (bicyclic) bond motifs is 1. The molecule has 0 aliphatic heterocycles. The molecule has 3 aromatic rings. The summed E-state index contributed by atoms with van der Waals surface area (Å²) in [7, 11) is 1.60. The van der Waals surface area contributed by atoms with E-state index in [1.165, 1.54) is 4.68 Å². The van der Waals surface area contributed by atoms with Crippen molar-refractivity contribution in [2.24, 2.45) is 0 Å². The number of ether oxygens (including phenoxy) is 1. The molecule has 0 atom stereocenters. The van der Waals surface area contributed by atoms with Crippen LogP contribution in [-0.2, 0) is 0 Å². The minimum Gasteiger partial charge on any atom is -0.497 e. The summed E-state index contributed by atoms with van der Waals surface area (Å²) in [6.07, 6.45) is 1.67. The van der Waals surface area contributed by atoms with Crippen LogP contribution in [0.1, 0.15) is 0 Å². The molecule has 1 aromatic heterocycles. The molecule has 1 heterocycles. The SMILES string of the molecule is COc1ccc2c(=O)n(-c3ccccc3)ncc2c1. The molecule has 4 heteroatoms. The molecule has 0 aliphatic rings. The summed E-state index contributed by atoms with van der Waals surface area (Å²) in [5, 5.41) is 5.60. The fourth-order valence-corrected chi connectivity index (χ4v) is 2.01. The maximum Gasteiger partial charge on any atom is 0.279 e. The van der Waals surface area contributed by atoms with Gasteiger partial charge in [0.05, 0.1) is 24.4 Å². The third kappa shape index (κ3) is 1.97. The molecule has 2 aromatic carbocycles. The van der Waals surface area contributed by atoms with Gasteiger partial charge in [-0.05, 0) is 30.3 Å². The van der Waals surface area contributed by atoms with Crippen LogP contribution in [0.2, 0.25) is 0 Å². The Kier molecular flexibility index (Phi) is 2.76. The van der Waals surface area contributed by atoms with Crippen molar-refractivity contribution in [3.8, 4) is 11.4 Å². The van der Waals surface area contributed by atoms with Crippen molar-refractivity contribution in [1.29, 1.82) is 0 Å². The Morgan fingerprint density at radius 1 is 1.11 bits per heavy atom. The zero-order valence-electron chi connectivity index (χ0n) is 10.4. The minimum absolute atomic E-state index is 0.133. The van der Waals surface area contributed by atoms with Crippen LogP contribution in [0.5, 0.6) is 5.75 Å². The average molecular weight is 252 g/mol. The Labute approximate surface area is 109 Å². The summed E-state index contributed by atoms with van der Waals surface area (Å²) in [4.78, 5) is 12.4. The summed E-state index contributed by atoms with van der Waals surface area (Å²) >= 11 is 0. The van der Waals surface area contributed by atoms with Crippen molar-refractivity contribution < 1.29 is 4.74 Å². The van der Waals surface area contributed by atoms with E-state index in [9.17, 15) is 4.79 Å². The lowest BCUT2D eigenvalue weighted by atomic mass is 10.2. The quantitative estimate of drug-likeness (QED) is 0.703. The van der Waals surface area contributed by atoms with Gasteiger partial charge in [0.15, 0.2) is 0 Å². The third-order valence-corrected chi connectivity index (χ3v) is 2.99. The summed E-state index contributed by atoms with van der Waals surface area (Å²) in [6, 6.07) is 14.7. The highest BCUT2D eigenvalue weighted by Gasteiger charge is 2.06. The lowest BCUT2D eigenvalue weighted by Gasteiger charge is -2.06. The van der Waals surface area contributed by atoms with Gasteiger partial charge in [0.1, 0.15) is 5.75 Å². The summed E-state index contributed by atoms with van der Waals surface area (Å²) in [6.45, 7) is 0. The highest BCUT2D eigenvalue weighted by molar-refractivity contribution is 5.82. The molecule has 0 fully saturated rings. The third-order valence-electron chi connectivity index (χ3n) is 2.99. The van der Waals surface area contributed by atoms with Crippen LogP contribution in [-0.4, -0.2) is 16.9 Å². The number of hydrogen-bond donors (Lipinski definition) is 0. The van der Waals surface area contributed by atoms with Gasteiger partial charge in [-0.2, -0.15) is 9.78 Å². The van der Waals surface area contributed by atoms with Crippen molar-refractivity contribution in [2.75, 3.05) is 7.11 Å². The molecule has 94 valence electrons. The molecule has 19 heavy (non-hydrogen) atoms. The number of aromatic nitrogens is 2. The van der Waals surface area contributed by atoms with Gasteiger partial charge in [-0.15, -0.1) is 0 Å². The van der Waals surface area contributed by atoms with Crippen LogP contribution in [0.3, 0.4) is 0 Å². The first-order chi connectivity index (χ1) is 9.29. The molecule has 3 rings (SSSR count). The van der Waals surface area contributed by atoms with Gasteiger partial charge in [0.2, 0.25) is 0 Å². The molecular weight excluding hydrogens is 240 g/mol. The van der Waals surface area contributed by atoms with Gasteiger partial charge < -0.3 is 4.74 Å². The van der Waals surface area contributed by atoms with Crippen LogP contribution in [0.25, 0.3) is 16.5 Å². The molecule has 0 radical (unpaired) electrons. The first-order valence-corrected chi connectivity index (χ1v) is 5.91. The first-order valence-electron chi connectivity index (χ1n) is 5.91. The zero-order valence-corrected chi connectivity index (χ0v) is 10.4. The largest absolute Gasteiger partial charge is 0.497 e. The van der Waals surface area contributed by atoms with Gasteiger partial charge in [-0.25, -0.2) is 0 Å². The van der Waals surface area contributed by atoms with E-state index in [1.54, 1.807) is 31.5 Å². The molecule has 0 N–H and O–H groups in total. The summed E-state index contributed by atoms with van der Waals surface area (Å²) in [5.74, 6) is 0.714. The number of hydrogen-bond acceptors (Lipinski definition) is 3. The number of methoxy groups -OCH3 is 1. The van der Waals surface area contributed by atoms with Crippen molar-refractivity contribution in [3.63, 3.8) is 0 Å². The molecule has 0 spiro atoms. The minimum atomic E-state index is -0.133. The average Bonchev–Trinajstić information content (AvgIpc) is 2.48. The first kappa shape index (κ1) is 11.5. The van der Waals surface area contributed by atoms with E-state index < -0.39 is 0 Å². The van der Waals surface area contributed by atoms with Crippen LogP contribution in [0.15, 0.2) is 59.5 Å². The molecular formula is C15H12N2O2. The molecule has 0 amide bonds. The Morgan fingerprint density at radius 3 is 2.63 bits per heavy atom. The second-order valence-corrected chi connectivity index (χ2v) is 4.15. The topological polar surface area (TPSA) is 44.1 Å². The van der Waals surface area contributed by atoms with Gasteiger partial charge >= 0.3 is 0 Å². The molecule has 0 saturated carbocycles. The number of rotatable bonds is 2. The van der Waals surface area contributed by atoms with Crippen molar-refractivity contribution in [3.05, 3.63) is 65.1 Å². The fraction of sp³-hybridized carbons (Fsp3) is 0.0667. The second kappa shape index (κ2) is 4.57. The zero-order chi connectivity index (χ0) is 13.2. The van der Waals surface area contributed by atoms with E-state index in [0.29, 0.717) is 11.1 Å². The molecule has 0 saturated heterocycles. The Hall–Kier alpha value is -2.62. The van der Waals surface area contributed by atoms with Crippen LogP contribution in [0, 0.1) is 0 Å². The summed E-state index contributed by atoms with van der Waals surface area (Å²) < 4.78 is 6.54. The van der Waals surface area contributed by atoms with Crippen molar-refractivity contribution in [1.82, 2.24) is 9.78 Å². The van der Waals surface area contributed by atoms with Gasteiger partial charge in [-0.1, -0.05) is 18.2 Å². The van der Waals surface area contributed by atoms with Gasteiger partial charge in [-0.3, -0.25) is 4.79 Å². The normalized spacial score (nSPS) is 10.6. The Bertz CT molecular complexity index is 779. The van der Waals surface area contributed by atoms with Crippen LogP contribution >= 0.6 is 0 Å². The maximum atomic E-state index is 12.4. The highest BCUT2D eigenvalue weighted by atomic mass is 16.5. The second-order valence-electron chi connectivity index (χ2n) is 4.15. The molecule has 0 unspecified atom stereocenters. The van der Waals surface area contributed by atoms with E-state index in [0.717, 1.165) is 11.1 Å². The highest BCUT2D eigenvalue weighted by Crippen LogP contribution is 2.17. The monoisotopic (exact) mass is 252 g/mol. The lowest BCUT2D eigenvalue weighted by Crippen LogP contribution is -2.20. The van der Waals surface area contributed by atoms with Gasteiger partial charge in [0.25, 0.3) is 5.56 Å². The van der Waals surface area contributed by atoms with Crippen LogP contribution < -0.4 is 10.3 Å². The molecule has 0 aliphatic carbocycles. The van der Waals surface area contributed by atoms with Crippen molar-refractivity contribution in [2.45, 2.75) is 0 Å². The van der Waals surface area contributed by atoms with E-state index in [1.807, 2.05) is 30.3 Å². The smallest absolute Gasteiger partial charge is 0.279 e. The van der Waals surface area contributed by atoms with Gasteiger partial charge in [0, 0.05) is 5.39 Å². The number of benzene rings is 2. The molecule has 4 nitrogen and oxygen atoms in total. The van der Waals surface area contributed by atoms with Crippen LogP contribution in [0.4, 0.5) is 0 Å². The molecule has 0 bridgehead atoms. The van der Waals surface area contributed by atoms with E-state index >= 15 is 0 Å². The van der Waals surface area contributed by atoms with E-state index in [2.05, 4.69) is 5.10 Å². The van der Waals surface area contributed by atoms with E-state index in [4.69, 9.17) is 4.74 Å². The number of nitrogens with zero attached hydrogens (tertiary/aromatic N) is 2. The fourth-order valence-electron chi connectivity index (χ4n) is 2.01. The lowest BCUT2D eigenvalue weighted by molar-refractivity contribution is 0.415. The standard InChI is InChI=1S/C15H12N2O2/c1-19-13-7-8-14-11(9-13)10-16-17(15(14)18)12-5-3-2-4-6-12/h2-10H,1H3. The van der Waals surface area contributed by atoms with E-state index in [-0.39, 0.29) is 5.56 Å². The predicted octanol–water partition coefficient (Wildman–Crippen LogP) is 2.39.